The van der Waals surface area contributed by atoms with Gasteiger partial charge in [-0.2, -0.15) is 0 Å². The quantitative estimate of drug-likeness (QED) is 0.716. The monoisotopic (exact) mass is 389 g/mol. The second-order valence-corrected chi connectivity index (χ2v) is 3.71. The first-order valence-electron chi connectivity index (χ1n) is 5.56. The summed E-state index contributed by atoms with van der Waals surface area (Å²) in [6, 6.07) is 5.85. The van der Waals surface area contributed by atoms with Gasteiger partial charge in [-0.25, -0.2) is 0 Å². The zero-order valence-corrected chi connectivity index (χ0v) is 14.0. The zero-order chi connectivity index (χ0) is 17.3. The van der Waals surface area contributed by atoms with Gasteiger partial charge in [0.05, 0.1) is 12.2 Å². The van der Waals surface area contributed by atoms with Gasteiger partial charge in [-0.15, -0.1) is 0 Å². The first kappa shape index (κ1) is 28.4. The van der Waals surface area contributed by atoms with Crippen molar-refractivity contribution in [2.24, 2.45) is 0 Å². The van der Waals surface area contributed by atoms with Crippen LogP contribution >= 0.6 is 0 Å². The van der Waals surface area contributed by atoms with E-state index in [4.69, 9.17) is 19.5 Å². The van der Waals surface area contributed by atoms with Crippen LogP contribution in [0.5, 0.6) is 0 Å². The molecule has 7 nitrogen and oxygen atoms in total. The number of pyridine rings is 1. The summed E-state index contributed by atoms with van der Waals surface area (Å²) in [6.45, 7) is 18.1. The fourth-order valence-electron chi connectivity index (χ4n) is 1.29. The predicted octanol–water partition coefficient (Wildman–Crippen LogP) is 0.183. The van der Waals surface area contributed by atoms with E-state index in [9.17, 15) is 4.79 Å². The van der Waals surface area contributed by atoms with Crippen LogP contribution in [0, 0.1) is 0 Å². The molecule has 0 aliphatic heterocycles. The minimum atomic E-state index is -0.806. The summed E-state index contributed by atoms with van der Waals surface area (Å²) in [6.07, 6.45) is 1.72. The van der Waals surface area contributed by atoms with E-state index in [1.54, 1.807) is 6.20 Å². The Morgan fingerprint density at radius 1 is 1.18 bits per heavy atom. The number of hydrogen-bond donors (Lipinski definition) is 1. The van der Waals surface area contributed by atoms with E-state index in [1.165, 1.54) is 0 Å². The molecule has 4 radical (unpaired) electrons. The molecular weight excluding hydrogens is 374 g/mol. The average Bonchev–Trinajstić information content (AvgIpc) is 2.53. The molecule has 118 valence electrons. The van der Waals surface area contributed by atoms with Crippen LogP contribution in [0.15, 0.2) is 24.4 Å². The van der Waals surface area contributed by atoms with Gasteiger partial charge >= 0.3 is 26.1 Å². The maximum absolute atomic E-state index is 10.6. The molecule has 22 heavy (non-hydrogen) atoms. The van der Waals surface area contributed by atoms with E-state index in [0.29, 0.717) is 6.54 Å². The molecular formula is C14H16N2O5Tc+. The molecule has 0 bridgehead atoms. The standard InChI is InChI=1S/C11H16N2O2.3CO.Tc/c1-9(2)13(8-11(14)15)7-10-5-3-4-6-12-10;3*1-2;/h3-6,9H,7-8H2,1-2H3,(H,14,15);;;;/q;3*-1;+4. The average molecular weight is 390 g/mol. The Labute approximate surface area is 144 Å². The molecule has 1 aromatic rings. The van der Waals surface area contributed by atoms with Crippen molar-refractivity contribution in [2.45, 2.75) is 26.4 Å². The summed E-state index contributed by atoms with van der Waals surface area (Å²) in [5.74, 6) is -0.806. The number of rotatable bonds is 5. The molecule has 1 N–H and O–H groups in total. The maximum Gasteiger partial charge on any atom is 4.00 e. The molecule has 0 saturated heterocycles. The van der Waals surface area contributed by atoms with E-state index in [2.05, 4.69) is 25.4 Å². The predicted molar refractivity (Wildman–Crippen MR) is 74.5 cm³/mol. The van der Waals surface area contributed by atoms with Gasteiger partial charge in [0.25, 0.3) is 0 Å². The fourth-order valence-corrected chi connectivity index (χ4v) is 1.29. The van der Waals surface area contributed by atoms with Gasteiger partial charge in [-0.3, -0.25) is 14.7 Å². The van der Waals surface area contributed by atoms with Crippen molar-refractivity contribution in [1.29, 1.82) is 0 Å². The number of aliphatic carboxylic acids is 1. The Morgan fingerprint density at radius 2 is 1.68 bits per heavy atom. The van der Waals surface area contributed by atoms with Crippen molar-refractivity contribution in [2.75, 3.05) is 6.54 Å². The Bertz CT molecular complexity index is 361. The largest absolute Gasteiger partial charge is 4.00 e. The molecule has 0 aliphatic carbocycles. The van der Waals surface area contributed by atoms with E-state index in [-0.39, 0.29) is 32.7 Å². The minimum Gasteiger partial charge on any atom is -0.573 e. The summed E-state index contributed by atoms with van der Waals surface area (Å²) >= 11 is 0. The van der Waals surface area contributed by atoms with E-state index < -0.39 is 5.97 Å². The number of nitrogens with zero attached hydrogens (tertiary/aromatic N) is 2. The third-order valence-corrected chi connectivity index (χ3v) is 2.16. The first-order chi connectivity index (χ1) is 10.1. The van der Waals surface area contributed by atoms with Crippen molar-refractivity contribution < 1.29 is 44.4 Å². The molecule has 0 saturated carbocycles. The molecule has 0 aromatic carbocycles. The third kappa shape index (κ3) is 16.3. The van der Waals surface area contributed by atoms with E-state index in [0.717, 1.165) is 5.69 Å². The fraction of sp³-hybridized carbons (Fsp3) is 0.357. The minimum absolute atomic E-state index is 0. The third-order valence-electron chi connectivity index (χ3n) is 2.16. The van der Waals surface area contributed by atoms with Gasteiger partial charge in [0.2, 0.25) is 0 Å². The van der Waals surface area contributed by atoms with Crippen LogP contribution < -0.4 is 0 Å². The Morgan fingerprint density at radius 3 is 2.00 bits per heavy atom. The Balaban J connectivity index is -0.000000206. The number of carboxylic acids is 1. The molecule has 1 heterocycles. The van der Waals surface area contributed by atoms with Crippen LogP contribution in [0.4, 0.5) is 0 Å². The molecule has 1 rings (SSSR count). The van der Waals surface area contributed by atoms with Gasteiger partial charge in [-0.1, -0.05) is 6.07 Å². The van der Waals surface area contributed by atoms with Crippen LogP contribution in [0.3, 0.4) is 0 Å². The van der Waals surface area contributed by atoms with Crippen LogP contribution in [0.25, 0.3) is 0 Å². The van der Waals surface area contributed by atoms with Crippen molar-refractivity contribution in [3.63, 3.8) is 0 Å². The topological polar surface area (TPSA) is 105 Å². The molecule has 1 aromatic heterocycles. The first-order valence-corrected chi connectivity index (χ1v) is 5.56. The summed E-state index contributed by atoms with van der Waals surface area (Å²) in [7, 11) is 0. The molecule has 0 spiro atoms. The van der Waals surface area contributed by atoms with Crippen LogP contribution in [0.2, 0.25) is 0 Å². The second-order valence-electron chi connectivity index (χ2n) is 3.71. The molecule has 0 fully saturated rings. The second kappa shape index (κ2) is 21.5. The van der Waals surface area contributed by atoms with Gasteiger partial charge in [-0.05, 0) is 26.0 Å². The summed E-state index contributed by atoms with van der Waals surface area (Å²) < 4.78 is 0. The normalized spacial score (nSPS) is 8.00. The van der Waals surface area contributed by atoms with Crippen molar-refractivity contribution >= 4 is 26.3 Å². The van der Waals surface area contributed by atoms with Crippen LogP contribution in [-0.2, 0) is 45.8 Å². The smallest absolute Gasteiger partial charge is 0.573 e. The molecule has 0 aliphatic rings. The van der Waals surface area contributed by atoms with Gasteiger partial charge in [0.1, 0.15) is 0 Å². The van der Waals surface area contributed by atoms with Gasteiger partial charge in [0, 0.05) is 18.8 Å². The SMILES string of the molecule is CC(C)N(CC(=O)O)Cc1ccccn1.[C-]=O.[C-]=O.[C-]=O.[Tc+4]. The summed E-state index contributed by atoms with van der Waals surface area (Å²) in [5.41, 5.74) is 0.896. The maximum atomic E-state index is 10.6. The van der Waals surface area contributed by atoms with Crippen molar-refractivity contribution in [3.05, 3.63) is 30.1 Å². The number of aromatic nitrogens is 1. The molecule has 0 atom stereocenters. The van der Waals surface area contributed by atoms with Crippen LogP contribution in [0.1, 0.15) is 19.5 Å². The van der Waals surface area contributed by atoms with E-state index >= 15 is 0 Å². The van der Waals surface area contributed by atoms with Gasteiger partial charge < -0.3 is 39.9 Å². The van der Waals surface area contributed by atoms with Crippen LogP contribution in [-0.4, -0.2) is 53.9 Å². The molecule has 0 amide bonds. The number of hydrogen-bond acceptors (Lipinski definition) is 6. The van der Waals surface area contributed by atoms with E-state index in [1.807, 2.05) is 36.9 Å². The number of carbonyl (C=O) groups is 1. The summed E-state index contributed by atoms with van der Waals surface area (Å²) in [4.78, 5) is 39.2. The van der Waals surface area contributed by atoms with Gasteiger partial charge in [0.15, 0.2) is 0 Å². The number of carboxylic acid groups (broad SMARTS) is 1. The van der Waals surface area contributed by atoms with Crippen molar-refractivity contribution in [1.82, 2.24) is 9.88 Å². The molecule has 0 unspecified atom stereocenters. The zero-order valence-electron chi connectivity index (χ0n) is 12.2. The van der Waals surface area contributed by atoms with Crippen molar-refractivity contribution in [3.8, 4) is 0 Å². The molecule has 8 heteroatoms. The Hall–Kier alpha value is -1.76. The number of carbonyl (C=O) groups excluding carboxylic acids is 3. The summed E-state index contributed by atoms with van der Waals surface area (Å²) in [5, 5.41) is 8.75. The Kier molecular flexibility index (Phi) is 27.8.